The molecule has 5 heteroatoms. The summed E-state index contributed by atoms with van der Waals surface area (Å²) in [5.74, 6) is 0. The quantitative estimate of drug-likeness (QED) is 0.662. The van der Waals surface area contributed by atoms with Crippen LogP contribution in [0.3, 0.4) is 0 Å². The van der Waals surface area contributed by atoms with E-state index in [1.54, 1.807) is 17.9 Å². The minimum Gasteiger partial charge on any atom is -0.385 e. The lowest BCUT2D eigenvalue weighted by Gasteiger charge is -2.08. The minimum atomic E-state index is -0.242. The summed E-state index contributed by atoms with van der Waals surface area (Å²) in [6, 6.07) is 1.43. The second kappa shape index (κ2) is 6.27. The van der Waals surface area contributed by atoms with Crippen molar-refractivity contribution in [1.29, 1.82) is 0 Å². The van der Waals surface area contributed by atoms with E-state index in [1.165, 1.54) is 10.6 Å². The van der Waals surface area contributed by atoms with Crippen molar-refractivity contribution >= 4 is 0 Å². The number of rotatable bonds is 6. The number of ether oxygens (including phenoxy) is 1. The van der Waals surface area contributed by atoms with Gasteiger partial charge in [0.15, 0.2) is 0 Å². The first-order chi connectivity index (χ1) is 7.70. The molecule has 1 aromatic rings. The maximum Gasteiger partial charge on any atom is 0.330 e. The second-order valence-corrected chi connectivity index (χ2v) is 3.63. The van der Waals surface area contributed by atoms with Crippen molar-refractivity contribution in [3.63, 3.8) is 0 Å². The molecule has 0 saturated carbocycles. The SMILES string of the molecule is CCCn1ccc(=O)n(CCCOC)c1=O. The molecule has 0 aromatic carbocycles. The van der Waals surface area contributed by atoms with Crippen LogP contribution in [0.2, 0.25) is 0 Å². The summed E-state index contributed by atoms with van der Waals surface area (Å²) in [6.45, 7) is 3.60. The van der Waals surface area contributed by atoms with Crippen LogP contribution in [-0.4, -0.2) is 22.9 Å². The topological polar surface area (TPSA) is 53.2 Å². The van der Waals surface area contributed by atoms with E-state index < -0.39 is 0 Å². The van der Waals surface area contributed by atoms with Gasteiger partial charge in [-0.2, -0.15) is 0 Å². The zero-order valence-corrected chi connectivity index (χ0v) is 9.81. The normalized spacial score (nSPS) is 10.6. The first-order valence-corrected chi connectivity index (χ1v) is 5.50. The molecular weight excluding hydrogens is 208 g/mol. The molecule has 0 spiro atoms. The van der Waals surface area contributed by atoms with Crippen LogP contribution >= 0.6 is 0 Å². The molecule has 5 nitrogen and oxygen atoms in total. The highest BCUT2D eigenvalue weighted by molar-refractivity contribution is 4.86. The van der Waals surface area contributed by atoms with Crippen LogP contribution in [0, 0.1) is 0 Å². The number of aryl methyl sites for hydroxylation is 1. The number of aromatic nitrogens is 2. The molecule has 0 aliphatic rings. The third kappa shape index (κ3) is 3.06. The zero-order chi connectivity index (χ0) is 12.0. The van der Waals surface area contributed by atoms with Crippen molar-refractivity contribution in [2.24, 2.45) is 0 Å². The summed E-state index contributed by atoms with van der Waals surface area (Å²) < 4.78 is 7.72. The van der Waals surface area contributed by atoms with E-state index >= 15 is 0 Å². The van der Waals surface area contributed by atoms with Gasteiger partial charge in [-0.15, -0.1) is 0 Å². The summed E-state index contributed by atoms with van der Waals surface area (Å²) in [6.07, 6.45) is 3.10. The molecule has 16 heavy (non-hydrogen) atoms. The second-order valence-electron chi connectivity index (χ2n) is 3.63. The molecule has 1 aromatic heterocycles. The lowest BCUT2D eigenvalue weighted by molar-refractivity contribution is 0.189. The van der Waals surface area contributed by atoms with Crippen molar-refractivity contribution in [1.82, 2.24) is 9.13 Å². The molecule has 0 fully saturated rings. The molecule has 0 saturated heterocycles. The summed E-state index contributed by atoms with van der Waals surface area (Å²) in [5.41, 5.74) is -0.473. The van der Waals surface area contributed by atoms with Crippen molar-refractivity contribution in [3.05, 3.63) is 33.1 Å². The van der Waals surface area contributed by atoms with Crippen LogP contribution in [0.4, 0.5) is 0 Å². The lowest BCUT2D eigenvalue weighted by Crippen LogP contribution is -2.39. The predicted molar refractivity (Wildman–Crippen MR) is 61.7 cm³/mol. The minimum absolute atomic E-state index is 0.231. The van der Waals surface area contributed by atoms with Crippen LogP contribution in [0.5, 0.6) is 0 Å². The molecule has 0 bridgehead atoms. The van der Waals surface area contributed by atoms with Gasteiger partial charge in [0, 0.05) is 39.1 Å². The third-order valence-electron chi connectivity index (χ3n) is 2.33. The smallest absolute Gasteiger partial charge is 0.330 e. The molecule has 0 N–H and O–H groups in total. The summed E-state index contributed by atoms with van der Waals surface area (Å²) in [5, 5.41) is 0. The zero-order valence-electron chi connectivity index (χ0n) is 9.81. The monoisotopic (exact) mass is 226 g/mol. The van der Waals surface area contributed by atoms with Crippen molar-refractivity contribution in [3.8, 4) is 0 Å². The summed E-state index contributed by atoms with van der Waals surface area (Å²) in [4.78, 5) is 23.4. The van der Waals surface area contributed by atoms with E-state index in [-0.39, 0.29) is 11.2 Å². The molecule has 90 valence electrons. The Hall–Kier alpha value is -1.36. The van der Waals surface area contributed by atoms with Gasteiger partial charge in [0.1, 0.15) is 0 Å². The average molecular weight is 226 g/mol. The molecular formula is C11H18N2O3. The largest absolute Gasteiger partial charge is 0.385 e. The van der Waals surface area contributed by atoms with Crippen LogP contribution in [0.15, 0.2) is 21.9 Å². The van der Waals surface area contributed by atoms with Gasteiger partial charge < -0.3 is 9.30 Å². The molecule has 0 amide bonds. The first-order valence-electron chi connectivity index (χ1n) is 5.50. The van der Waals surface area contributed by atoms with E-state index in [2.05, 4.69) is 0 Å². The Labute approximate surface area is 94.3 Å². The Bertz CT molecular complexity index is 434. The predicted octanol–water partition coefficient (Wildman–Crippen LogP) is 0.456. The van der Waals surface area contributed by atoms with Crippen molar-refractivity contribution in [2.45, 2.75) is 32.9 Å². The number of nitrogens with zero attached hydrogens (tertiary/aromatic N) is 2. The highest BCUT2D eigenvalue weighted by atomic mass is 16.5. The highest BCUT2D eigenvalue weighted by Crippen LogP contribution is 1.87. The van der Waals surface area contributed by atoms with E-state index in [1.807, 2.05) is 6.92 Å². The van der Waals surface area contributed by atoms with Crippen molar-refractivity contribution in [2.75, 3.05) is 13.7 Å². The van der Waals surface area contributed by atoms with E-state index in [9.17, 15) is 9.59 Å². The Balaban J connectivity index is 2.93. The van der Waals surface area contributed by atoms with Gasteiger partial charge in [-0.3, -0.25) is 9.36 Å². The summed E-state index contributed by atoms with van der Waals surface area (Å²) in [7, 11) is 1.60. The Morgan fingerprint density at radius 2 is 2.06 bits per heavy atom. The highest BCUT2D eigenvalue weighted by Gasteiger charge is 2.03. The van der Waals surface area contributed by atoms with Crippen LogP contribution in [-0.2, 0) is 17.8 Å². The van der Waals surface area contributed by atoms with Gasteiger partial charge in [0.05, 0.1) is 0 Å². The Morgan fingerprint density at radius 1 is 1.31 bits per heavy atom. The van der Waals surface area contributed by atoms with Gasteiger partial charge in [-0.25, -0.2) is 4.79 Å². The molecule has 1 heterocycles. The van der Waals surface area contributed by atoms with E-state index in [4.69, 9.17) is 4.74 Å². The van der Waals surface area contributed by atoms with Crippen LogP contribution < -0.4 is 11.2 Å². The van der Waals surface area contributed by atoms with Gasteiger partial charge in [-0.1, -0.05) is 6.92 Å². The first kappa shape index (κ1) is 12.7. The van der Waals surface area contributed by atoms with Crippen molar-refractivity contribution < 1.29 is 4.74 Å². The van der Waals surface area contributed by atoms with Gasteiger partial charge in [0.25, 0.3) is 5.56 Å². The fraction of sp³-hybridized carbons (Fsp3) is 0.636. The Morgan fingerprint density at radius 3 is 2.69 bits per heavy atom. The Kier molecular flexibility index (Phi) is 4.98. The van der Waals surface area contributed by atoms with E-state index in [0.717, 1.165) is 6.42 Å². The van der Waals surface area contributed by atoms with Crippen LogP contribution in [0.25, 0.3) is 0 Å². The van der Waals surface area contributed by atoms with E-state index in [0.29, 0.717) is 26.1 Å². The molecule has 0 radical (unpaired) electrons. The fourth-order valence-electron chi connectivity index (χ4n) is 1.54. The summed E-state index contributed by atoms with van der Waals surface area (Å²) >= 11 is 0. The lowest BCUT2D eigenvalue weighted by atomic mass is 10.4. The number of methoxy groups -OCH3 is 1. The molecule has 0 aliphatic carbocycles. The number of hydrogen-bond donors (Lipinski definition) is 0. The van der Waals surface area contributed by atoms with Gasteiger partial charge >= 0.3 is 5.69 Å². The third-order valence-corrected chi connectivity index (χ3v) is 2.33. The number of hydrogen-bond acceptors (Lipinski definition) is 3. The molecule has 0 atom stereocenters. The van der Waals surface area contributed by atoms with Gasteiger partial charge in [0.2, 0.25) is 0 Å². The van der Waals surface area contributed by atoms with Crippen LogP contribution in [0.1, 0.15) is 19.8 Å². The molecule has 0 aliphatic heterocycles. The maximum atomic E-state index is 11.9. The average Bonchev–Trinajstić information content (AvgIpc) is 2.27. The maximum absolute atomic E-state index is 11.9. The molecule has 1 rings (SSSR count). The fourth-order valence-corrected chi connectivity index (χ4v) is 1.54. The molecule has 0 unspecified atom stereocenters. The standard InChI is InChI=1S/C11H18N2O3/c1-3-6-12-8-5-10(14)13(11(12)15)7-4-9-16-2/h5,8H,3-4,6-7,9H2,1-2H3. The van der Waals surface area contributed by atoms with Gasteiger partial charge in [-0.05, 0) is 12.8 Å².